The summed E-state index contributed by atoms with van der Waals surface area (Å²) in [7, 11) is -2.36. The summed E-state index contributed by atoms with van der Waals surface area (Å²) in [6.45, 7) is 5.55. The van der Waals surface area contributed by atoms with Crippen molar-refractivity contribution in [3.8, 4) is 17.2 Å². The number of nitro benzene ring substituents is 1. The highest BCUT2D eigenvalue weighted by Crippen LogP contribution is 2.28. The van der Waals surface area contributed by atoms with E-state index in [0.29, 0.717) is 17.2 Å². The van der Waals surface area contributed by atoms with E-state index in [-0.39, 0.29) is 24.8 Å². The van der Waals surface area contributed by atoms with Crippen LogP contribution in [0.4, 0.5) is 5.69 Å². The van der Waals surface area contributed by atoms with Crippen LogP contribution in [0.15, 0.2) is 53.4 Å². The molecule has 11 heteroatoms. The maximum absolute atomic E-state index is 11.8. The van der Waals surface area contributed by atoms with E-state index in [9.17, 15) is 19.8 Å². The largest absolute Gasteiger partial charge is 0.574 e. The maximum Gasteiger partial charge on any atom is 0.412 e. The van der Waals surface area contributed by atoms with Crippen LogP contribution in [0.3, 0.4) is 0 Å². The molecule has 0 radical (unpaired) electrons. The number of ether oxygens (including phenoxy) is 2. The zero-order chi connectivity index (χ0) is 22.1. The van der Waals surface area contributed by atoms with Gasteiger partial charge in [0.05, 0.1) is 16.9 Å². The molecule has 1 atom stereocenters. The lowest BCUT2D eigenvalue weighted by Gasteiger charge is -2.15. The molecule has 10 nitrogen and oxygen atoms in total. The molecule has 160 valence electrons. The zero-order valence-corrected chi connectivity index (χ0v) is 17.6. The summed E-state index contributed by atoms with van der Waals surface area (Å²) in [5.74, 6) is 0.895. The SMILES string of the molecule is CC(C)(C)C(=O)OCCN/N=[P+](\[O-])Oc1ccc(Oc2ccc([N+](=O)[O-])cc2)cc1. The molecule has 1 unspecified atom stereocenters. The molecular weight excluding hydrogens is 413 g/mol. The van der Waals surface area contributed by atoms with Gasteiger partial charge < -0.3 is 14.4 Å². The highest BCUT2D eigenvalue weighted by Gasteiger charge is 2.22. The number of nitro groups is 1. The van der Waals surface area contributed by atoms with Crippen LogP contribution in [-0.4, -0.2) is 24.0 Å². The lowest BCUT2D eigenvalue weighted by Crippen LogP contribution is -2.26. The molecule has 0 aliphatic rings. The number of hydrogen-bond acceptors (Lipinski definition) is 8. The number of esters is 1. The number of carbonyl (C=O) groups excluding carboxylic acids is 1. The van der Waals surface area contributed by atoms with Crippen LogP contribution >= 0.6 is 8.17 Å². The summed E-state index contributed by atoms with van der Waals surface area (Å²) in [6.07, 6.45) is 0. The first kappa shape index (κ1) is 23.2. The van der Waals surface area contributed by atoms with E-state index in [1.165, 1.54) is 24.3 Å². The van der Waals surface area contributed by atoms with Crippen molar-refractivity contribution in [1.29, 1.82) is 0 Å². The standard InChI is InChI=1S/C19H22N3O7P/c1-19(2,3)18(23)27-13-12-20-21-30(26)29-17-10-8-16(9-11-17)28-15-6-4-14(5-7-15)22(24)25/h4-11,20H,12-13H2,1-3H3. The minimum atomic E-state index is -2.36. The summed E-state index contributed by atoms with van der Waals surface area (Å²) in [5, 5.41) is 10.7. The van der Waals surface area contributed by atoms with Gasteiger partial charge in [0.25, 0.3) is 5.69 Å². The van der Waals surface area contributed by atoms with Crippen molar-refractivity contribution in [2.45, 2.75) is 20.8 Å². The zero-order valence-electron chi connectivity index (χ0n) is 16.7. The first-order valence-corrected chi connectivity index (χ1v) is 10.1. The van der Waals surface area contributed by atoms with Crippen LogP contribution in [0.1, 0.15) is 20.8 Å². The summed E-state index contributed by atoms with van der Waals surface area (Å²) in [4.78, 5) is 37.2. The van der Waals surface area contributed by atoms with Crippen molar-refractivity contribution in [3.05, 3.63) is 58.6 Å². The van der Waals surface area contributed by atoms with Crippen LogP contribution in [0.5, 0.6) is 17.2 Å². The third kappa shape index (κ3) is 7.75. The maximum atomic E-state index is 11.8. The molecule has 0 fully saturated rings. The lowest BCUT2D eigenvalue weighted by molar-refractivity contribution is -0.384. The van der Waals surface area contributed by atoms with Crippen molar-refractivity contribution in [1.82, 2.24) is 5.43 Å². The minimum Gasteiger partial charge on any atom is -0.574 e. The Kier molecular flexibility index (Phi) is 8.23. The van der Waals surface area contributed by atoms with Crippen molar-refractivity contribution in [2.24, 2.45) is 10.3 Å². The van der Waals surface area contributed by atoms with Crippen LogP contribution < -0.4 is 19.6 Å². The molecule has 1 N–H and O–H groups in total. The molecule has 0 saturated heterocycles. The van der Waals surface area contributed by atoms with Gasteiger partial charge in [0.2, 0.25) is 0 Å². The molecule has 2 rings (SSSR count). The van der Waals surface area contributed by atoms with Gasteiger partial charge in [0, 0.05) is 17.0 Å². The quantitative estimate of drug-likeness (QED) is 0.207. The van der Waals surface area contributed by atoms with E-state index in [2.05, 4.69) is 10.3 Å². The summed E-state index contributed by atoms with van der Waals surface area (Å²) in [5.41, 5.74) is 1.92. The Bertz CT molecular complexity index is 894. The van der Waals surface area contributed by atoms with Gasteiger partial charge in [-0.3, -0.25) is 19.4 Å². The molecule has 0 heterocycles. The Morgan fingerprint density at radius 1 is 1.07 bits per heavy atom. The smallest absolute Gasteiger partial charge is 0.412 e. The molecule has 30 heavy (non-hydrogen) atoms. The number of benzene rings is 2. The fraction of sp³-hybridized carbons (Fsp3) is 0.316. The van der Waals surface area contributed by atoms with E-state index < -0.39 is 18.5 Å². The van der Waals surface area contributed by atoms with E-state index in [4.69, 9.17) is 14.0 Å². The normalized spacial score (nSPS) is 11.7. The van der Waals surface area contributed by atoms with E-state index in [1.54, 1.807) is 45.0 Å². The fourth-order valence-electron chi connectivity index (χ4n) is 1.96. The molecule has 2 aromatic carbocycles. The van der Waals surface area contributed by atoms with Gasteiger partial charge >= 0.3 is 14.1 Å². The van der Waals surface area contributed by atoms with Crippen LogP contribution in [-0.2, 0) is 9.53 Å². The Morgan fingerprint density at radius 3 is 2.13 bits per heavy atom. The number of nitrogens with one attached hydrogen (secondary N) is 1. The molecular formula is C19H22N3O7P. The van der Waals surface area contributed by atoms with Crippen LogP contribution in [0.2, 0.25) is 0 Å². The fourth-order valence-corrected chi connectivity index (χ4v) is 2.52. The van der Waals surface area contributed by atoms with Crippen molar-refractivity contribution >= 4 is 19.8 Å². The Balaban J connectivity index is 1.78. The highest BCUT2D eigenvalue weighted by molar-refractivity contribution is 7.33. The average Bonchev–Trinajstić information content (AvgIpc) is 2.68. The second-order valence-electron chi connectivity index (χ2n) is 7.05. The van der Waals surface area contributed by atoms with E-state index in [1.807, 2.05) is 0 Å². The van der Waals surface area contributed by atoms with Gasteiger partial charge in [-0.25, -0.2) is 0 Å². The van der Waals surface area contributed by atoms with Gasteiger partial charge in [-0.05, 0) is 57.2 Å². The predicted molar refractivity (Wildman–Crippen MR) is 108 cm³/mol. The third-order valence-corrected chi connectivity index (χ3v) is 4.17. The van der Waals surface area contributed by atoms with Crippen LogP contribution in [0.25, 0.3) is 0 Å². The van der Waals surface area contributed by atoms with Gasteiger partial charge in [-0.1, -0.05) is 0 Å². The van der Waals surface area contributed by atoms with E-state index in [0.717, 1.165) is 0 Å². The van der Waals surface area contributed by atoms with Crippen molar-refractivity contribution in [2.75, 3.05) is 13.2 Å². The number of nitrogens with zero attached hydrogens (tertiary/aromatic N) is 2. The third-order valence-electron chi connectivity index (χ3n) is 3.50. The molecule has 0 aromatic heterocycles. The second-order valence-corrected chi connectivity index (χ2v) is 7.91. The molecule has 0 amide bonds. The number of non-ortho nitro benzene ring substituents is 1. The summed E-state index contributed by atoms with van der Waals surface area (Å²) >= 11 is 0. The summed E-state index contributed by atoms with van der Waals surface area (Å²) in [6, 6.07) is 12.0. The van der Waals surface area contributed by atoms with Gasteiger partial charge in [0.1, 0.15) is 18.1 Å². The Hall–Kier alpha value is -3.07. The van der Waals surface area contributed by atoms with Gasteiger partial charge in [0.15, 0.2) is 5.75 Å². The molecule has 0 aliphatic carbocycles. The molecule has 0 bridgehead atoms. The molecule has 0 saturated carbocycles. The summed E-state index contributed by atoms with van der Waals surface area (Å²) < 4.78 is 15.8. The predicted octanol–water partition coefficient (Wildman–Crippen LogP) is 3.72. The minimum absolute atomic E-state index is 0.0281. The Labute approximate surface area is 174 Å². The van der Waals surface area contributed by atoms with Gasteiger partial charge in [-0.2, -0.15) is 5.43 Å². The molecule has 0 aliphatic heterocycles. The van der Waals surface area contributed by atoms with Crippen molar-refractivity contribution < 1.29 is 28.6 Å². The monoisotopic (exact) mass is 435 g/mol. The molecule has 0 spiro atoms. The lowest BCUT2D eigenvalue weighted by atomic mass is 9.97. The topological polar surface area (TPSA) is 135 Å². The molecule has 2 aromatic rings. The number of hydrogen-bond donors (Lipinski definition) is 1. The highest BCUT2D eigenvalue weighted by atomic mass is 31.1. The average molecular weight is 435 g/mol. The number of carbonyl (C=O) groups is 1. The van der Waals surface area contributed by atoms with Crippen molar-refractivity contribution in [3.63, 3.8) is 0 Å². The van der Waals surface area contributed by atoms with Gasteiger partial charge in [-0.15, -0.1) is 0 Å². The first-order chi connectivity index (χ1) is 14.1. The first-order valence-electron chi connectivity index (χ1n) is 8.93. The van der Waals surface area contributed by atoms with Crippen LogP contribution in [0, 0.1) is 15.5 Å². The second kappa shape index (κ2) is 10.6. The number of rotatable bonds is 9. The van der Waals surface area contributed by atoms with E-state index >= 15 is 0 Å². The Morgan fingerprint density at radius 2 is 1.60 bits per heavy atom.